The van der Waals surface area contributed by atoms with Gasteiger partial charge in [-0.15, -0.1) is 11.3 Å². The van der Waals surface area contributed by atoms with Gasteiger partial charge in [-0.2, -0.15) is 0 Å². The Kier molecular flexibility index (Phi) is 3.15. The highest BCUT2D eigenvalue weighted by Crippen LogP contribution is 2.32. The lowest BCUT2D eigenvalue weighted by molar-refractivity contribution is 1.15. The number of fused-ring (bicyclic) bond motifs is 1. The van der Waals surface area contributed by atoms with Gasteiger partial charge in [0.25, 0.3) is 0 Å². The summed E-state index contributed by atoms with van der Waals surface area (Å²) in [5, 5.41) is 5.34. The van der Waals surface area contributed by atoms with E-state index in [0.717, 1.165) is 16.8 Å². The first kappa shape index (κ1) is 10.5. The van der Waals surface area contributed by atoms with E-state index in [1.807, 2.05) is 0 Å². The molecule has 0 saturated carbocycles. The van der Waals surface area contributed by atoms with Gasteiger partial charge < -0.3 is 0 Å². The van der Waals surface area contributed by atoms with Gasteiger partial charge in [-0.1, -0.05) is 34.5 Å². The first-order valence-electron chi connectivity index (χ1n) is 4.50. The molecule has 0 amide bonds. The van der Waals surface area contributed by atoms with Gasteiger partial charge in [-0.25, -0.2) is 0 Å². The van der Waals surface area contributed by atoms with Crippen LogP contribution < -0.4 is 0 Å². The third kappa shape index (κ3) is 1.71. The third-order valence-electron chi connectivity index (χ3n) is 2.35. The van der Waals surface area contributed by atoms with Crippen molar-refractivity contribution in [2.75, 3.05) is 0 Å². The van der Waals surface area contributed by atoms with Crippen LogP contribution in [0.1, 0.15) is 18.1 Å². The van der Waals surface area contributed by atoms with Crippen LogP contribution in [0.25, 0.3) is 10.1 Å². The van der Waals surface area contributed by atoms with E-state index >= 15 is 0 Å². The van der Waals surface area contributed by atoms with Crippen molar-refractivity contribution < 1.29 is 0 Å². The van der Waals surface area contributed by atoms with E-state index in [-0.39, 0.29) is 0 Å². The molecule has 74 valence electrons. The van der Waals surface area contributed by atoms with Crippen molar-refractivity contribution in [1.82, 2.24) is 0 Å². The van der Waals surface area contributed by atoms with Crippen LogP contribution in [0, 0.1) is 0 Å². The van der Waals surface area contributed by atoms with Gasteiger partial charge in [-0.05, 0) is 40.4 Å². The van der Waals surface area contributed by atoms with E-state index in [0.29, 0.717) is 0 Å². The van der Waals surface area contributed by atoms with Crippen LogP contribution in [-0.2, 0) is 11.8 Å². The Labute approximate surface area is 101 Å². The number of benzene rings is 1. The van der Waals surface area contributed by atoms with Crippen LogP contribution in [-0.4, -0.2) is 0 Å². The van der Waals surface area contributed by atoms with Crippen LogP contribution in [0.15, 0.2) is 17.5 Å². The van der Waals surface area contributed by atoms with Gasteiger partial charge in [-0.3, -0.25) is 0 Å². The highest BCUT2D eigenvalue weighted by molar-refractivity contribution is 9.08. The van der Waals surface area contributed by atoms with E-state index in [9.17, 15) is 0 Å². The second-order valence-corrected chi connectivity index (χ2v) is 5.07. The molecule has 0 saturated heterocycles. The Balaban J connectivity index is 2.70. The molecule has 3 heteroatoms. The number of thiophene rings is 1. The fourth-order valence-corrected chi connectivity index (χ4v) is 3.54. The number of hydrogen-bond donors (Lipinski definition) is 0. The highest BCUT2D eigenvalue weighted by atomic mass is 79.9. The molecule has 14 heavy (non-hydrogen) atoms. The zero-order valence-electron chi connectivity index (χ0n) is 7.81. The molecule has 0 spiro atoms. The summed E-state index contributed by atoms with van der Waals surface area (Å²) in [6.07, 6.45) is 0.992. The molecule has 0 fully saturated rings. The van der Waals surface area contributed by atoms with Gasteiger partial charge >= 0.3 is 0 Å². The summed E-state index contributed by atoms with van der Waals surface area (Å²) in [5.41, 5.74) is 2.59. The molecule has 0 aliphatic heterocycles. The number of alkyl halides is 1. The summed E-state index contributed by atoms with van der Waals surface area (Å²) < 4.78 is 1.28. The van der Waals surface area contributed by atoms with Crippen LogP contribution in [0.4, 0.5) is 0 Å². The quantitative estimate of drug-likeness (QED) is 0.682. The summed E-state index contributed by atoms with van der Waals surface area (Å²) >= 11 is 11.4. The summed E-state index contributed by atoms with van der Waals surface area (Å²) in [7, 11) is 0. The molecule has 0 nitrogen and oxygen atoms in total. The van der Waals surface area contributed by atoms with Crippen LogP contribution >= 0.6 is 38.9 Å². The molecule has 0 N–H and O–H groups in total. The smallest absolute Gasteiger partial charge is 0.0452 e. The number of aryl methyl sites for hydroxylation is 1. The van der Waals surface area contributed by atoms with E-state index in [1.54, 1.807) is 11.3 Å². The van der Waals surface area contributed by atoms with Crippen LogP contribution in [0.3, 0.4) is 0 Å². The highest BCUT2D eigenvalue weighted by Gasteiger charge is 2.06. The first-order valence-corrected chi connectivity index (χ1v) is 6.88. The maximum absolute atomic E-state index is 6.15. The molecule has 1 aromatic carbocycles. The molecular weight excluding hydrogens is 280 g/mol. The van der Waals surface area contributed by atoms with Crippen molar-refractivity contribution in [2.45, 2.75) is 18.7 Å². The minimum atomic E-state index is 0.892. The number of hydrogen-bond acceptors (Lipinski definition) is 1. The number of rotatable bonds is 2. The largest absolute Gasteiger partial charge is 0.143 e. The van der Waals surface area contributed by atoms with Gasteiger partial charge in [0.1, 0.15) is 0 Å². The van der Waals surface area contributed by atoms with Gasteiger partial charge in [0.2, 0.25) is 0 Å². The Morgan fingerprint density at radius 3 is 2.79 bits per heavy atom. The normalized spacial score (nSPS) is 11.1. The fraction of sp³-hybridized carbons (Fsp3) is 0.273. The lowest BCUT2D eigenvalue weighted by Crippen LogP contribution is -1.82. The van der Waals surface area contributed by atoms with Crippen molar-refractivity contribution in [3.8, 4) is 0 Å². The van der Waals surface area contributed by atoms with Crippen molar-refractivity contribution in [3.05, 3.63) is 33.7 Å². The van der Waals surface area contributed by atoms with Crippen molar-refractivity contribution in [2.24, 2.45) is 0 Å². The van der Waals surface area contributed by atoms with E-state index in [2.05, 4.69) is 40.4 Å². The predicted octanol–water partition coefficient (Wildman–Crippen LogP) is 5.01. The Morgan fingerprint density at radius 2 is 2.14 bits per heavy atom. The SMILES string of the molecule is CCc1cc2c(CBr)csc2cc1Cl. The Bertz CT molecular complexity index is 462. The van der Waals surface area contributed by atoms with Crippen molar-refractivity contribution in [3.63, 3.8) is 0 Å². The average molecular weight is 290 g/mol. The monoisotopic (exact) mass is 288 g/mol. The Morgan fingerprint density at radius 1 is 1.36 bits per heavy atom. The van der Waals surface area contributed by atoms with Crippen LogP contribution in [0.2, 0.25) is 5.02 Å². The fourth-order valence-electron chi connectivity index (χ4n) is 1.52. The lowest BCUT2D eigenvalue weighted by atomic mass is 10.1. The predicted molar refractivity (Wildman–Crippen MR) is 68.8 cm³/mol. The topological polar surface area (TPSA) is 0 Å². The molecule has 2 aromatic rings. The van der Waals surface area contributed by atoms with E-state index in [4.69, 9.17) is 11.6 Å². The van der Waals surface area contributed by atoms with E-state index in [1.165, 1.54) is 21.2 Å². The minimum Gasteiger partial charge on any atom is -0.143 e. The maximum Gasteiger partial charge on any atom is 0.0452 e. The van der Waals surface area contributed by atoms with Gasteiger partial charge in [0.15, 0.2) is 0 Å². The van der Waals surface area contributed by atoms with Gasteiger partial charge in [0, 0.05) is 15.1 Å². The molecule has 2 rings (SSSR count). The second kappa shape index (κ2) is 4.21. The second-order valence-electron chi connectivity index (χ2n) is 3.19. The van der Waals surface area contributed by atoms with Crippen molar-refractivity contribution in [1.29, 1.82) is 0 Å². The van der Waals surface area contributed by atoms with E-state index < -0.39 is 0 Å². The maximum atomic E-state index is 6.15. The van der Waals surface area contributed by atoms with Gasteiger partial charge in [0.05, 0.1) is 0 Å². The zero-order chi connectivity index (χ0) is 10.1. The number of halogens is 2. The molecule has 0 atom stereocenters. The zero-order valence-corrected chi connectivity index (χ0v) is 11.0. The lowest BCUT2D eigenvalue weighted by Gasteiger charge is -2.01. The molecule has 1 aromatic heterocycles. The third-order valence-corrected chi connectivity index (χ3v) is 4.30. The Hall–Kier alpha value is -0.0500. The molecular formula is C11H10BrClS. The summed E-state index contributed by atoms with van der Waals surface area (Å²) in [6.45, 7) is 2.13. The molecule has 0 bridgehead atoms. The molecule has 0 unspecified atom stereocenters. The first-order chi connectivity index (χ1) is 6.76. The molecule has 0 radical (unpaired) electrons. The molecule has 0 aliphatic carbocycles. The van der Waals surface area contributed by atoms with Crippen molar-refractivity contribution >= 4 is 49.0 Å². The molecule has 0 aliphatic rings. The standard InChI is InChI=1S/C11H10BrClS/c1-2-7-3-9-8(5-12)6-14-11(9)4-10(7)13/h3-4,6H,2,5H2,1H3. The molecule has 1 heterocycles. The summed E-state index contributed by atoms with van der Waals surface area (Å²) in [4.78, 5) is 0. The van der Waals surface area contributed by atoms with Crippen LogP contribution in [0.5, 0.6) is 0 Å². The minimum absolute atomic E-state index is 0.892. The summed E-state index contributed by atoms with van der Waals surface area (Å²) in [6, 6.07) is 4.29. The summed E-state index contributed by atoms with van der Waals surface area (Å²) in [5.74, 6) is 0. The average Bonchev–Trinajstić information content (AvgIpc) is 2.58.